The normalized spacial score (nSPS) is 26.7. The molecule has 3 aliphatic carbocycles. The average molecular weight is 521 g/mol. The van der Waals surface area contributed by atoms with Crippen molar-refractivity contribution >= 4 is 57.4 Å². The smallest absolute Gasteiger partial charge is 0.233 e. The number of imidazole rings is 1. The first-order valence-electron chi connectivity index (χ1n) is 12.3. The third-order valence-corrected chi connectivity index (χ3v) is 8.33. The molecule has 0 radical (unpaired) electrons. The zero-order valence-electron chi connectivity index (χ0n) is 19.5. The first kappa shape index (κ1) is 23.3. The maximum Gasteiger partial charge on any atom is 0.233 e. The van der Waals surface area contributed by atoms with Gasteiger partial charge in [-0.3, -0.25) is 9.59 Å². The average Bonchev–Trinajstić information content (AvgIpc) is 3.60. The van der Waals surface area contributed by atoms with Crippen LogP contribution in [0.3, 0.4) is 0 Å². The minimum Gasteiger partial charge on any atom is -0.338 e. The Morgan fingerprint density at radius 3 is 2.47 bits per heavy atom. The number of H-pyrrole nitrogens is 1. The van der Waals surface area contributed by atoms with Crippen LogP contribution < -0.4 is 10.6 Å². The minimum atomic E-state index is -0.486. The van der Waals surface area contributed by atoms with Crippen molar-refractivity contribution < 1.29 is 9.59 Å². The van der Waals surface area contributed by atoms with Crippen molar-refractivity contribution in [1.82, 2.24) is 9.97 Å². The van der Waals surface area contributed by atoms with E-state index >= 15 is 0 Å². The molecule has 1 aromatic heterocycles. The molecule has 2 aromatic carbocycles. The molecule has 5 atom stereocenters. The topological polar surface area (TPSA) is 86.9 Å². The van der Waals surface area contributed by atoms with Crippen LogP contribution in [-0.2, 0) is 9.59 Å². The minimum absolute atomic E-state index is 0.141. The standard InChI is InChI=1S/C28H26Cl2N4O2/c29-18-5-9-21(23(30)13-18)27(35)31-19-6-3-16(4-7-19)26-33-24-10-8-20(14-25(24)34-26)32-28(36)22-12-15-1-2-17(22)11-15/h3-10,13-15,17,21-23H,1-2,11-12H2,(H,31,35)(H,32,36)(H,33,34). The number of benzene rings is 2. The molecule has 3 aromatic rings. The Balaban J connectivity index is 1.13. The molecule has 0 aliphatic heterocycles. The van der Waals surface area contributed by atoms with Gasteiger partial charge in [0.1, 0.15) is 5.82 Å². The molecule has 2 bridgehead atoms. The Morgan fingerprint density at radius 2 is 1.75 bits per heavy atom. The summed E-state index contributed by atoms with van der Waals surface area (Å²) in [6, 6.07) is 13.2. The second-order valence-electron chi connectivity index (χ2n) is 10.0. The number of rotatable bonds is 5. The summed E-state index contributed by atoms with van der Waals surface area (Å²) in [4.78, 5) is 33.5. The van der Waals surface area contributed by atoms with E-state index in [1.807, 2.05) is 42.5 Å². The van der Waals surface area contributed by atoms with E-state index < -0.39 is 11.3 Å². The largest absolute Gasteiger partial charge is 0.338 e. The highest BCUT2D eigenvalue weighted by atomic mass is 35.5. The molecular formula is C28H26Cl2N4O2. The molecule has 3 aliphatic rings. The van der Waals surface area contributed by atoms with Crippen LogP contribution in [0, 0.1) is 23.7 Å². The lowest BCUT2D eigenvalue weighted by Gasteiger charge is -2.20. The summed E-state index contributed by atoms with van der Waals surface area (Å²) in [6.07, 6.45) is 9.76. The van der Waals surface area contributed by atoms with Gasteiger partial charge in [0.05, 0.1) is 22.3 Å². The molecule has 2 fully saturated rings. The Morgan fingerprint density at radius 1 is 0.972 bits per heavy atom. The monoisotopic (exact) mass is 520 g/mol. The van der Waals surface area contributed by atoms with E-state index in [0.717, 1.165) is 40.4 Å². The highest BCUT2D eigenvalue weighted by Gasteiger charge is 2.43. The molecule has 3 N–H and O–H groups in total. The van der Waals surface area contributed by atoms with Gasteiger partial charge in [-0.05, 0) is 85.7 Å². The van der Waals surface area contributed by atoms with Crippen molar-refractivity contribution in [2.45, 2.75) is 31.1 Å². The third kappa shape index (κ3) is 4.56. The maximum absolute atomic E-state index is 12.8. The third-order valence-electron chi connectivity index (χ3n) is 7.68. The number of nitrogens with zero attached hydrogens (tertiary/aromatic N) is 1. The number of carbonyl (C=O) groups excluding carboxylic acids is 2. The van der Waals surface area contributed by atoms with E-state index in [4.69, 9.17) is 28.2 Å². The van der Waals surface area contributed by atoms with E-state index in [2.05, 4.69) is 15.6 Å². The van der Waals surface area contributed by atoms with Gasteiger partial charge in [-0.15, -0.1) is 11.6 Å². The molecule has 6 rings (SSSR count). The Bertz CT molecular complexity index is 1390. The number of hydrogen-bond acceptors (Lipinski definition) is 3. The number of aromatic amines is 1. The molecule has 1 heterocycles. The van der Waals surface area contributed by atoms with Crippen LogP contribution in [-0.4, -0.2) is 27.2 Å². The van der Waals surface area contributed by atoms with E-state index in [1.165, 1.54) is 19.3 Å². The van der Waals surface area contributed by atoms with Gasteiger partial charge in [0.15, 0.2) is 0 Å². The summed E-state index contributed by atoms with van der Waals surface area (Å²) in [5.41, 5.74) is 4.03. The van der Waals surface area contributed by atoms with Crippen LogP contribution >= 0.6 is 23.2 Å². The molecule has 2 saturated carbocycles. The zero-order chi connectivity index (χ0) is 24.8. The highest BCUT2D eigenvalue weighted by Crippen LogP contribution is 2.48. The summed E-state index contributed by atoms with van der Waals surface area (Å²) < 4.78 is 0. The fourth-order valence-electron chi connectivity index (χ4n) is 5.81. The summed E-state index contributed by atoms with van der Waals surface area (Å²) in [5.74, 6) is 1.62. The Labute approximate surface area is 219 Å². The highest BCUT2D eigenvalue weighted by molar-refractivity contribution is 6.33. The Hall–Kier alpha value is -3.09. The first-order valence-corrected chi connectivity index (χ1v) is 13.2. The molecule has 6 nitrogen and oxygen atoms in total. The van der Waals surface area contributed by atoms with Crippen LogP contribution in [0.2, 0.25) is 0 Å². The van der Waals surface area contributed by atoms with Gasteiger partial charge in [0.25, 0.3) is 0 Å². The molecule has 0 saturated heterocycles. The lowest BCUT2D eigenvalue weighted by atomic mass is 9.88. The second kappa shape index (κ2) is 9.41. The van der Waals surface area contributed by atoms with Crippen molar-refractivity contribution in [3.63, 3.8) is 0 Å². The lowest BCUT2D eigenvalue weighted by Crippen LogP contribution is -2.28. The molecule has 5 unspecified atom stereocenters. The summed E-state index contributed by atoms with van der Waals surface area (Å²) in [5, 5.41) is 6.06. The van der Waals surface area contributed by atoms with Crippen LogP contribution in [0.25, 0.3) is 22.4 Å². The van der Waals surface area contributed by atoms with Crippen LogP contribution in [0.4, 0.5) is 11.4 Å². The second-order valence-corrected chi connectivity index (χ2v) is 11.0. The predicted molar refractivity (Wildman–Crippen MR) is 144 cm³/mol. The summed E-state index contributed by atoms with van der Waals surface area (Å²) >= 11 is 12.2. The number of allylic oxidation sites excluding steroid dienone is 3. The van der Waals surface area contributed by atoms with Gasteiger partial charge in [0, 0.05) is 27.9 Å². The number of nitrogens with one attached hydrogen (secondary N) is 3. The first-order chi connectivity index (χ1) is 17.4. The molecule has 0 spiro atoms. The van der Waals surface area contributed by atoms with Crippen molar-refractivity contribution in [2.24, 2.45) is 23.7 Å². The predicted octanol–water partition coefficient (Wildman–Crippen LogP) is 6.46. The molecule has 2 amide bonds. The van der Waals surface area contributed by atoms with Gasteiger partial charge in [-0.1, -0.05) is 24.1 Å². The van der Waals surface area contributed by atoms with Gasteiger partial charge < -0.3 is 15.6 Å². The van der Waals surface area contributed by atoms with Crippen LogP contribution in [0.15, 0.2) is 65.7 Å². The fourth-order valence-corrected chi connectivity index (χ4v) is 6.41. The molecule has 8 heteroatoms. The van der Waals surface area contributed by atoms with Gasteiger partial charge in [-0.2, -0.15) is 0 Å². The number of alkyl halides is 1. The number of anilines is 2. The van der Waals surface area contributed by atoms with Crippen molar-refractivity contribution in [2.75, 3.05) is 10.6 Å². The van der Waals surface area contributed by atoms with E-state index in [-0.39, 0.29) is 17.7 Å². The molecule has 184 valence electrons. The fraction of sp³-hybridized carbons (Fsp3) is 0.321. The quantitative estimate of drug-likeness (QED) is 0.337. The lowest BCUT2D eigenvalue weighted by molar-refractivity contribution is -0.121. The van der Waals surface area contributed by atoms with Crippen molar-refractivity contribution in [3.05, 3.63) is 65.7 Å². The maximum atomic E-state index is 12.8. The number of halogens is 2. The number of carbonyl (C=O) groups is 2. The van der Waals surface area contributed by atoms with Gasteiger partial charge >= 0.3 is 0 Å². The molecular weight excluding hydrogens is 495 g/mol. The molecule has 36 heavy (non-hydrogen) atoms. The van der Waals surface area contributed by atoms with E-state index in [1.54, 1.807) is 18.2 Å². The van der Waals surface area contributed by atoms with Gasteiger partial charge in [0.2, 0.25) is 11.8 Å². The summed E-state index contributed by atoms with van der Waals surface area (Å²) in [6.45, 7) is 0. The number of fused-ring (bicyclic) bond motifs is 3. The number of amides is 2. The van der Waals surface area contributed by atoms with Crippen molar-refractivity contribution in [3.8, 4) is 11.4 Å². The SMILES string of the molecule is O=C(Nc1ccc(-c2nc3ccc(NC(=O)C4CC5CCC4C5)cc3[nH]2)cc1)C1C=CC(Cl)=CC1Cl. The number of hydrogen-bond donors (Lipinski definition) is 3. The van der Waals surface area contributed by atoms with Gasteiger partial charge in [-0.25, -0.2) is 4.98 Å². The summed E-state index contributed by atoms with van der Waals surface area (Å²) in [7, 11) is 0. The van der Waals surface area contributed by atoms with E-state index in [0.29, 0.717) is 16.6 Å². The Kier molecular flexibility index (Phi) is 6.10. The van der Waals surface area contributed by atoms with Crippen molar-refractivity contribution in [1.29, 1.82) is 0 Å². The van der Waals surface area contributed by atoms with Crippen LogP contribution in [0.1, 0.15) is 25.7 Å². The number of aromatic nitrogens is 2. The van der Waals surface area contributed by atoms with Crippen LogP contribution in [0.5, 0.6) is 0 Å². The zero-order valence-corrected chi connectivity index (χ0v) is 21.0. The van der Waals surface area contributed by atoms with E-state index in [9.17, 15) is 9.59 Å².